The number of nitrogens with one attached hydrogen (secondary N) is 1. The zero-order valence-corrected chi connectivity index (χ0v) is 20.9. The van der Waals surface area contributed by atoms with Crippen molar-refractivity contribution in [1.82, 2.24) is 9.29 Å². The lowest BCUT2D eigenvalue weighted by Gasteiger charge is -2.34. The van der Waals surface area contributed by atoms with E-state index in [1.807, 2.05) is 31.4 Å². The number of amides is 1. The second kappa shape index (κ2) is 9.69. The quantitative estimate of drug-likeness (QED) is 0.496. The van der Waals surface area contributed by atoms with E-state index in [9.17, 15) is 13.2 Å². The molecule has 0 bridgehead atoms. The third kappa shape index (κ3) is 5.40. The molecule has 4 rings (SSSR count). The predicted octanol–water partition coefficient (Wildman–Crippen LogP) is 5.17. The van der Waals surface area contributed by atoms with Crippen LogP contribution in [0.1, 0.15) is 24.2 Å². The highest BCUT2D eigenvalue weighted by atomic mass is 35.5. The van der Waals surface area contributed by atoms with Crippen molar-refractivity contribution >= 4 is 55.6 Å². The molecule has 0 saturated carbocycles. The highest BCUT2D eigenvalue weighted by Crippen LogP contribution is 2.29. The minimum Gasteiger partial charge on any atom is -0.373 e. The van der Waals surface area contributed by atoms with Crippen molar-refractivity contribution in [3.8, 4) is 11.3 Å². The Morgan fingerprint density at radius 3 is 2.45 bits per heavy atom. The first-order valence-electron chi connectivity index (χ1n) is 10.1. The SMILES string of the molecule is CC1CN(S(=O)(=O)c2cc(C(=O)Nc3nc(-c4ccc(Cl)cc4)cs3)ccc2Cl)CC(C)O1. The molecular weight excluding hydrogens is 505 g/mol. The van der Waals surface area contributed by atoms with Crippen molar-refractivity contribution < 1.29 is 17.9 Å². The molecule has 2 unspecified atom stereocenters. The van der Waals surface area contributed by atoms with Crippen LogP contribution in [0.15, 0.2) is 52.7 Å². The summed E-state index contributed by atoms with van der Waals surface area (Å²) in [6.07, 6.45) is -0.484. The Morgan fingerprint density at radius 1 is 1.12 bits per heavy atom. The number of sulfonamides is 1. The minimum atomic E-state index is -3.91. The van der Waals surface area contributed by atoms with Gasteiger partial charge in [0.1, 0.15) is 4.90 Å². The number of thiazole rings is 1. The van der Waals surface area contributed by atoms with E-state index in [-0.39, 0.29) is 40.8 Å². The molecule has 0 aliphatic carbocycles. The van der Waals surface area contributed by atoms with Gasteiger partial charge in [0.25, 0.3) is 5.91 Å². The van der Waals surface area contributed by atoms with Crippen LogP contribution in [0.3, 0.4) is 0 Å². The van der Waals surface area contributed by atoms with Crippen LogP contribution < -0.4 is 5.32 Å². The summed E-state index contributed by atoms with van der Waals surface area (Å²) in [5, 5.41) is 5.60. The van der Waals surface area contributed by atoms with Gasteiger partial charge in [0.2, 0.25) is 10.0 Å². The molecule has 1 fully saturated rings. The smallest absolute Gasteiger partial charge is 0.257 e. The molecule has 11 heteroatoms. The van der Waals surface area contributed by atoms with Crippen molar-refractivity contribution in [1.29, 1.82) is 0 Å². The molecule has 2 aromatic carbocycles. The molecule has 1 N–H and O–H groups in total. The van der Waals surface area contributed by atoms with Gasteiger partial charge in [-0.1, -0.05) is 35.3 Å². The van der Waals surface area contributed by atoms with Crippen LogP contribution in [0, 0.1) is 0 Å². The van der Waals surface area contributed by atoms with E-state index in [1.165, 1.54) is 33.8 Å². The molecule has 1 saturated heterocycles. The number of carbonyl (C=O) groups is 1. The van der Waals surface area contributed by atoms with Crippen LogP contribution in [0.2, 0.25) is 10.0 Å². The zero-order chi connectivity index (χ0) is 23.8. The zero-order valence-electron chi connectivity index (χ0n) is 17.8. The largest absolute Gasteiger partial charge is 0.373 e. The fraction of sp³-hybridized carbons (Fsp3) is 0.273. The molecule has 0 spiro atoms. The van der Waals surface area contributed by atoms with Gasteiger partial charge in [0.15, 0.2) is 5.13 Å². The lowest BCUT2D eigenvalue weighted by molar-refractivity contribution is -0.0440. The van der Waals surface area contributed by atoms with E-state index < -0.39 is 15.9 Å². The molecule has 1 aromatic heterocycles. The van der Waals surface area contributed by atoms with Crippen LogP contribution in [0.25, 0.3) is 11.3 Å². The molecule has 33 heavy (non-hydrogen) atoms. The maximum atomic E-state index is 13.3. The Bertz CT molecular complexity index is 1270. The molecule has 2 heterocycles. The second-order valence-electron chi connectivity index (χ2n) is 7.72. The predicted molar refractivity (Wildman–Crippen MR) is 131 cm³/mol. The Balaban J connectivity index is 1.55. The number of hydrogen-bond donors (Lipinski definition) is 1. The van der Waals surface area contributed by atoms with E-state index in [1.54, 1.807) is 12.1 Å². The number of morpholine rings is 1. The molecule has 2 atom stereocenters. The first-order valence-corrected chi connectivity index (χ1v) is 13.2. The third-order valence-electron chi connectivity index (χ3n) is 5.06. The summed E-state index contributed by atoms with van der Waals surface area (Å²) in [5.74, 6) is -0.483. The fourth-order valence-corrected chi connectivity index (χ4v) is 6.49. The number of ether oxygens (including phenoxy) is 1. The molecule has 1 amide bonds. The first-order chi connectivity index (χ1) is 15.6. The summed E-state index contributed by atoms with van der Waals surface area (Å²) >= 11 is 13.4. The Labute approximate surface area is 206 Å². The number of nitrogens with zero attached hydrogens (tertiary/aromatic N) is 2. The Morgan fingerprint density at radius 2 is 1.79 bits per heavy atom. The van der Waals surface area contributed by atoms with Gasteiger partial charge in [0.05, 0.1) is 22.9 Å². The highest BCUT2D eigenvalue weighted by Gasteiger charge is 2.34. The molecule has 174 valence electrons. The van der Waals surface area contributed by atoms with Crippen LogP contribution in [-0.2, 0) is 14.8 Å². The van der Waals surface area contributed by atoms with Crippen molar-refractivity contribution in [2.24, 2.45) is 0 Å². The molecular formula is C22H21Cl2N3O4S2. The minimum absolute atomic E-state index is 0.0534. The molecule has 1 aliphatic heterocycles. The van der Waals surface area contributed by atoms with Gasteiger partial charge in [-0.05, 0) is 44.2 Å². The van der Waals surface area contributed by atoms with E-state index in [0.717, 1.165) is 5.56 Å². The molecule has 0 radical (unpaired) electrons. The van der Waals surface area contributed by atoms with E-state index >= 15 is 0 Å². The lowest BCUT2D eigenvalue weighted by atomic mass is 10.2. The fourth-order valence-electron chi connectivity index (χ4n) is 3.56. The van der Waals surface area contributed by atoms with Crippen LogP contribution in [-0.4, -0.2) is 48.9 Å². The number of aromatic nitrogens is 1. The monoisotopic (exact) mass is 525 g/mol. The lowest BCUT2D eigenvalue weighted by Crippen LogP contribution is -2.48. The van der Waals surface area contributed by atoms with E-state index in [4.69, 9.17) is 27.9 Å². The molecule has 3 aromatic rings. The average Bonchev–Trinajstić information content (AvgIpc) is 3.22. The maximum absolute atomic E-state index is 13.3. The Hall–Kier alpha value is -2.01. The number of hydrogen-bond acceptors (Lipinski definition) is 6. The number of halogens is 2. The number of rotatable bonds is 5. The third-order valence-corrected chi connectivity index (χ3v) is 8.38. The van der Waals surface area contributed by atoms with Crippen molar-refractivity contribution in [2.45, 2.75) is 31.0 Å². The summed E-state index contributed by atoms with van der Waals surface area (Å²) in [6.45, 7) is 4.06. The van der Waals surface area contributed by atoms with Crippen molar-refractivity contribution in [3.05, 3.63) is 63.5 Å². The normalized spacial score (nSPS) is 19.4. The van der Waals surface area contributed by atoms with Crippen molar-refractivity contribution in [2.75, 3.05) is 18.4 Å². The van der Waals surface area contributed by atoms with Gasteiger partial charge in [-0.25, -0.2) is 13.4 Å². The molecule has 1 aliphatic rings. The first kappa shape index (κ1) is 24.1. The Kier molecular flexibility index (Phi) is 7.09. The van der Waals surface area contributed by atoms with Crippen LogP contribution in [0.5, 0.6) is 0 Å². The van der Waals surface area contributed by atoms with Crippen molar-refractivity contribution in [3.63, 3.8) is 0 Å². The molecule has 7 nitrogen and oxygen atoms in total. The number of carbonyl (C=O) groups excluding carboxylic acids is 1. The summed E-state index contributed by atoms with van der Waals surface area (Å²) < 4.78 is 33.5. The van der Waals surface area contributed by atoms with Gasteiger partial charge in [-0.15, -0.1) is 11.3 Å². The van der Waals surface area contributed by atoms with E-state index in [0.29, 0.717) is 15.8 Å². The second-order valence-corrected chi connectivity index (χ2v) is 11.3. The summed E-state index contributed by atoms with van der Waals surface area (Å²) in [7, 11) is -3.91. The van der Waals surface area contributed by atoms with Gasteiger partial charge >= 0.3 is 0 Å². The number of benzene rings is 2. The standard InChI is InChI=1S/C22H21Cl2N3O4S2/c1-13-10-27(11-14(2)31-13)33(29,30)20-9-16(5-8-18(20)24)21(28)26-22-25-19(12-32-22)15-3-6-17(23)7-4-15/h3-9,12-14H,10-11H2,1-2H3,(H,25,26,28). The summed E-state index contributed by atoms with van der Waals surface area (Å²) in [6, 6.07) is 11.4. The topological polar surface area (TPSA) is 88.6 Å². The average molecular weight is 526 g/mol. The van der Waals surface area contributed by atoms with Gasteiger partial charge in [0, 0.05) is 34.6 Å². The van der Waals surface area contributed by atoms with Gasteiger partial charge in [-0.2, -0.15) is 4.31 Å². The van der Waals surface area contributed by atoms with Crippen LogP contribution in [0.4, 0.5) is 5.13 Å². The maximum Gasteiger partial charge on any atom is 0.257 e. The van der Waals surface area contributed by atoms with E-state index in [2.05, 4.69) is 10.3 Å². The van der Waals surface area contributed by atoms with Gasteiger partial charge < -0.3 is 4.74 Å². The van der Waals surface area contributed by atoms with Crippen LogP contribution >= 0.6 is 34.5 Å². The highest BCUT2D eigenvalue weighted by molar-refractivity contribution is 7.89. The number of anilines is 1. The van der Waals surface area contributed by atoms with Gasteiger partial charge in [-0.3, -0.25) is 10.1 Å². The summed E-state index contributed by atoms with van der Waals surface area (Å²) in [5.41, 5.74) is 1.72. The summed E-state index contributed by atoms with van der Waals surface area (Å²) in [4.78, 5) is 17.2.